The van der Waals surface area contributed by atoms with Crippen molar-refractivity contribution < 1.29 is 8.42 Å². The number of hydrogen-bond acceptors (Lipinski definition) is 3. The molecule has 0 radical (unpaired) electrons. The monoisotopic (exact) mass is 348 g/mol. The van der Waals surface area contributed by atoms with Gasteiger partial charge in [-0.2, -0.15) is 0 Å². The number of hydrogen-bond donors (Lipinski definition) is 1. The summed E-state index contributed by atoms with van der Waals surface area (Å²) >= 11 is 5.94. The van der Waals surface area contributed by atoms with Crippen LogP contribution in [0, 0.1) is 6.92 Å². The predicted molar refractivity (Wildman–Crippen MR) is 88.0 cm³/mol. The summed E-state index contributed by atoms with van der Waals surface area (Å²) in [5.41, 5.74) is 1.000. The van der Waals surface area contributed by atoms with Crippen LogP contribution in [0.2, 0.25) is 5.02 Å². The third-order valence-corrected chi connectivity index (χ3v) is 5.71. The number of aromatic nitrogens is 2. The van der Waals surface area contributed by atoms with Crippen LogP contribution < -0.4 is 5.69 Å². The maximum Gasteiger partial charge on any atom is 0.330 e. The van der Waals surface area contributed by atoms with Gasteiger partial charge < -0.3 is 4.98 Å². The van der Waals surface area contributed by atoms with Crippen LogP contribution in [-0.2, 0) is 9.84 Å². The lowest BCUT2D eigenvalue weighted by atomic mass is 10.2. The molecule has 0 amide bonds. The van der Waals surface area contributed by atoms with Gasteiger partial charge in [0.15, 0.2) is 0 Å². The van der Waals surface area contributed by atoms with E-state index in [9.17, 15) is 13.2 Å². The molecule has 23 heavy (non-hydrogen) atoms. The molecule has 0 aliphatic rings. The van der Waals surface area contributed by atoms with E-state index in [0.29, 0.717) is 16.3 Å². The number of benzene rings is 2. The minimum atomic E-state index is -3.63. The average Bonchev–Trinajstić information content (AvgIpc) is 2.96. The molecule has 2 aromatic carbocycles. The maximum absolute atomic E-state index is 12.6. The molecule has 5 nitrogen and oxygen atoms in total. The average molecular weight is 349 g/mol. The highest BCUT2D eigenvalue weighted by Gasteiger charge is 2.18. The minimum absolute atomic E-state index is 0.159. The summed E-state index contributed by atoms with van der Waals surface area (Å²) in [6.45, 7) is 1.75. The fourth-order valence-corrected chi connectivity index (χ4v) is 3.69. The highest BCUT2D eigenvalue weighted by Crippen LogP contribution is 2.25. The second kappa shape index (κ2) is 5.72. The Morgan fingerprint density at radius 2 is 1.70 bits per heavy atom. The second-order valence-corrected chi connectivity index (χ2v) is 7.40. The van der Waals surface area contributed by atoms with Crippen LogP contribution in [0.5, 0.6) is 0 Å². The number of halogens is 1. The van der Waals surface area contributed by atoms with Gasteiger partial charge in [-0.05, 0) is 55.0 Å². The summed E-state index contributed by atoms with van der Waals surface area (Å²) in [6.07, 6.45) is 3.10. The van der Waals surface area contributed by atoms with E-state index in [1.807, 2.05) is 0 Å². The first-order chi connectivity index (χ1) is 10.9. The van der Waals surface area contributed by atoms with Crippen LogP contribution >= 0.6 is 11.6 Å². The normalized spacial score (nSPS) is 11.6. The number of aromatic amines is 1. The predicted octanol–water partition coefficient (Wildman–Crippen LogP) is 2.96. The van der Waals surface area contributed by atoms with Gasteiger partial charge in [-0.1, -0.05) is 11.6 Å². The fourth-order valence-electron chi connectivity index (χ4n) is 2.23. The van der Waals surface area contributed by atoms with E-state index in [-0.39, 0.29) is 15.5 Å². The standard InChI is InChI=1S/C16H13ClN2O3S/c1-11-10-14(6-7-15(11)17)23(21,22)13-4-2-12(3-5-13)19-9-8-18-16(19)20/h2-10H,1H3,(H,18,20). The Balaban J connectivity index is 2.02. The van der Waals surface area contributed by atoms with Crippen molar-refractivity contribution in [2.24, 2.45) is 0 Å². The highest BCUT2D eigenvalue weighted by molar-refractivity contribution is 7.91. The highest BCUT2D eigenvalue weighted by atomic mass is 35.5. The molecular weight excluding hydrogens is 336 g/mol. The number of nitrogens with one attached hydrogen (secondary N) is 1. The zero-order valence-electron chi connectivity index (χ0n) is 12.2. The molecule has 3 aromatic rings. The summed E-state index contributed by atoms with van der Waals surface area (Å²) in [5.74, 6) is 0. The van der Waals surface area contributed by atoms with Crippen molar-refractivity contribution in [3.05, 3.63) is 75.9 Å². The molecule has 0 spiro atoms. The van der Waals surface area contributed by atoms with E-state index in [1.165, 1.54) is 29.0 Å². The SMILES string of the molecule is Cc1cc(S(=O)(=O)c2ccc(-n3cc[nH]c3=O)cc2)ccc1Cl. The van der Waals surface area contributed by atoms with Crippen molar-refractivity contribution in [1.82, 2.24) is 9.55 Å². The summed E-state index contributed by atoms with van der Waals surface area (Å²) in [4.78, 5) is 14.4. The molecule has 0 bridgehead atoms. The quantitative estimate of drug-likeness (QED) is 0.791. The molecule has 0 saturated heterocycles. The zero-order valence-corrected chi connectivity index (χ0v) is 13.7. The van der Waals surface area contributed by atoms with Crippen molar-refractivity contribution in [1.29, 1.82) is 0 Å². The Kier molecular flexibility index (Phi) is 3.87. The van der Waals surface area contributed by atoms with Gasteiger partial charge >= 0.3 is 5.69 Å². The molecule has 7 heteroatoms. The van der Waals surface area contributed by atoms with Crippen molar-refractivity contribution in [3.8, 4) is 5.69 Å². The van der Waals surface area contributed by atoms with Gasteiger partial charge in [-0.25, -0.2) is 13.2 Å². The van der Waals surface area contributed by atoms with Gasteiger partial charge in [-0.15, -0.1) is 0 Å². The molecule has 1 heterocycles. The van der Waals surface area contributed by atoms with Crippen molar-refractivity contribution in [2.45, 2.75) is 16.7 Å². The van der Waals surface area contributed by atoms with Crippen LogP contribution in [-0.4, -0.2) is 18.0 Å². The Labute approximate surface area is 138 Å². The molecule has 3 rings (SSSR count). The first kappa shape index (κ1) is 15.6. The van der Waals surface area contributed by atoms with Gasteiger partial charge in [-0.3, -0.25) is 4.57 Å². The number of aryl methyl sites for hydroxylation is 1. The zero-order chi connectivity index (χ0) is 16.6. The molecule has 118 valence electrons. The van der Waals surface area contributed by atoms with Gasteiger partial charge in [0.2, 0.25) is 9.84 Å². The smallest absolute Gasteiger partial charge is 0.312 e. The molecular formula is C16H13ClN2O3S. The van der Waals surface area contributed by atoms with Gasteiger partial charge in [0.25, 0.3) is 0 Å². The lowest BCUT2D eigenvalue weighted by Gasteiger charge is -2.08. The summed E-state index contributed by atoms with van der Waals surface area (Å²) in [7, 11) is -3.63. The van der Waals surface area contributed by atoms with Crippen molar-refractivity contribution in [3.63, 3.8) is 0 Å². The summed E-state index contributed by atoms with van der Waals surface area (Å²) < 4.78 is 26.7. The third-order valence-electron chi connectivity index (χ3n) is 3.51. The van der Waals surface area contributed by atoms with E-state index < -0.39 is 9.84 Å². The molecule has 0 unspecified atom stereocenters. The van der Waals surface area contributed by atoms with Crippen LogP contribution in [0.15, 0.2) is 69.4 Å². The van der Waals surface area contributed by atoms with Crippen LogP contribution in [0.4, 0.5) is 0 Å². The van der Waals surface area contributed by atoms with E-state index in [0.717, 1.165) is 0 Å². The van der Waals surface area contributed by atoms with E-state index in [2.05, 4.69) is 4.98 Å². The largest absolute Gasteiger partial charge is 0.330 e. The van der Waals surface area contributed by atoms with Gasteiger partial charge in [0, 0.05) is 17.4 Å². The molecule has 0 fully saturated rings. The van der Waals surface area contributed by atoms with Crippen molar-refractivity contribution >= 4 is 21.4 Å². The molecule has 0 saturated carbocycles. The fraction of sp³-hybridized carbons (Fsp3) is 0.0625. The number of imidazole rings is 1. The third kappa shape index (κ3) is 2.83. The van der Waals surface area contributed by atoms with E-state index in [1.54, 1.807) is 37.4 Å². The number of H-pyrrole nitrogens is 1. The summed E-state index contributed by atoms with van der Waals surface area (Å²) in [5, 5.41) is 0.520. The number of nitrogens with zero attached hydrogens (tertiary/aromatic N) is 1. The summed E-state index contributed by atoms with van der Waals surface area (Å²) in [6, 6.07) is 10.7. The molecule has 0 aliphatic heterocycles. The number of rotatable bonds is 3. The second-order valence-electron chi connectivity index (χ2n) is 5.04. The van der Waals surface area contributed by atoms with E-state index in [4.69, 9.17) is 11.6 Å². The Morgan fingerprint density at radius 1 is 1.04 bits per heavy atom. The minimum Gasteiger partial charge on any atom is -0.312 e. The Bertz CT molecular complexity index is 1020. The molecule has 0 atom stereocenters. The molecule has 0 aliphatic carbocycles. The van der Waals surface area contributed by atoms with Crippen molar-refractivity contribution in [2.75, 3.05) is 0 Å². The Hall–Kier alpha value is -2.31. The van der Waals surface area contributed by atoms with E-state index >= 15 is 0 Å². The topological polar surface area (TPSA) is 71.9 Å². The first-order valence-electron chi connectivity index (χ1n) is 6.77. The lowest BCUT2D eigenvalue weighted by Crippen LogP contribution is -2.14. The van der Waals surface area contributed by atoms with Crippen LogP contribution in [0.3, 0.4) is 0 Å². The first-order valence-corrected chi connectivity index (χ1v) is 8.63. The number of sulfone groups is 1. The van der Waals surface area contributed by atoms with Gasteiger partial charge in [0.05, 0.1) is 15.5 Å². The van der Waals surface area contributed by atoms with Gasteiger partial charge in [0.1, 0.15) is 0 Å². The maximum atomic E-state index is 12.6. The molecule has 1 N–H and O–H groups in total. The van der Waals surface area contributed by atoms with Crippen LogP contribution in [0.1, 0.15) is 5.56 Å². The molecule has 1 aromatic heterocycles. The lowest BCUT2D eigenvalue weighted by molar-refractivity contribution is 0.596. The Morgan fingerprint density at radius 3 is 2.26 bits per heavy atom. The van der Waals surface area contributed by atoms with Crippen LogP contribution in [0.25, 0.3) is 5.69 Å².